The molecule has 2 aromatic rings. The van der Waals surface area contributed by atoms with E-state index in [1.54, 1.807) is 0 Å². The van der Waals surface area contributed by atoms with Crippen LogP contribution in [0.25, 0.3) is 0 Å². The van der Waals surface area contributed by atoms with Crippen LogP contribution in [0.4, 0.5) is 0 Å². The van der Waals surface area contributed by atoms with Gasteiger partial charge in [0.15, 0.2) is 0 Å². The van der Waals surface area contributed by atoms with Gasteiger partial charge in [0, 0.05) is 38.1 Å². The maximum Gasteiger partial charge on any atom is 0.0478 e. The summed E-state index contributed by atoms with van der Waals surface area (Å²) in [6.07, 6.45) is 0. The van der Waals surface area contributed by atoms with E-state index in [9.17, 15) is 0 Å². The Morgan fingerprint density at radius 2 is 1.43 bits per heavy atom. The van der Waals surface area contributed by atoms with Crippen molar-refractivity contribution in [2.24, 2.45) is 0 Å². The maximum absolute atomic E-state index is 2.68. The summed E-state index contributed by atoms with van der Waals surface area (Å²) in [4.78, 5) is 5.14. The van der Waals surface area contributed by atoms with Gasteiger partial charge >= 0.3 is 0 Å². The molecule has 2 heterocycles. The lowest BCUT2D eigenvalue weighted by molar-refractivity contribution is 0.0772. The van der Waals surface area contributed by atoms with Crippen LogP contribution in [0.5, 0.6) is 0 Å². The van der Waals surface area contributed by atoms with Gasteiger partial charge in [0.1, 0.15) is 0 Å². The van der Waals surface area contributed by atoms with Gasteiger partial charge in [0.25, 0.3) is 0 Å². The Morgan fingerprint density at radius 3 is 2.17 bits per heavy atom. The second-order valence-electron chi connectivity index (χ2n) is 6.37. The summed E-state index contributed by atoms with van der Waals surface area (Å²) in [5.41, 5.74) is 4.51. The Labute approximate surface area is 151 Å². The van der Waals surface area contributed by atoms with E-state index in [2.05, 4.69) is 71.4 Å². The van der Waals surface area contributed by atoms with Crippen LogP contribution in [0, 0.1) is 0 Å². The zero-order valence-electron chi connectivity index (χ0n) is 13.4. The molecule has 2 unspecified atom stereocenters. The highest BCUT2D eigenvalue weighted by atomic mass is 35.5. The van der Waals surface area contributed by atoms with Crippen LogP contribution in [0.1, 0.15) is 28.7 Å². The summed E-state index contributed by atoms with van der Waals surface area (Å²) in [6, 6.07) is 20.6. The Kier molecular flexibility index (Phi) is 6.10. The van der Waals surface area contributed by atoms with E-state index < -0.39 is 0 Å². The zero-order valence-corrected chi connectivity index (χ0v) is 15.0. The van der Waals surface area contributed by atoms with Gasteiger partial charge in [-0.3, -0.25) is 4.90 Å². The lowest BCUT2D eigenvalue weighted by atomic mass is 9.80. The van der Waals surface area contributed by atoms with Crippen molar-refractivity contribution < 1.29 is 0 Å². The summed E-state index contributed by atoms with van der Waals surface area (Å²) in [5.74, 6) is 0.516. The molecule has 1 saturated heterocycles. The minimum atomic E-state index is 0. The van der Waals surface area contributed by atoms with Gasteiger partial charge in [-0.15, -0.1) is 24.8 Å². The Morgan fingerprint density at radius 1 is 0.783 bits per heavy atom. The predicted molar refractivity (Wildman–Crippen MR) is 101 cm³/mol. The summed E-state index contributed by atoms with van der Waals surface area (Å²) >= 11 is 0. The number of fused-ring (bicyclic) bond motifs is 3. The summed E-state index contributed by atoms with van der Waals surface area (Å²) in [5, 5.41) is 0. The summed E-state index contributed by atoms with van der Waals surface area (Å²) in [7, 11) is 2.24. The van der Waals surface area contributed by atoms with Crippen LogP contribution in [-0.2, 0) is 0 Å². The van der Waals surface area contributed by atoms with E-state index in [0.717, 1.165) is 13.1 Å². The number of likely N-dealkylation sites (N-methyl/N-ethyl adjacent to an activating group) is 1. The average Bonchev–Trinajstić information content (AvgIpc) is 2.55. The third kappa shape index (κ3) is 3.41. The minimum absolute atomic E-state index is 0. The van der Waals surface area contributed by atoms with Gasteiger partial charge in [0.05, 0.1) is 0 Å². The van der Waals surface area contributed by atoms with E-state index in [4.69, 9.17) is 0 Å². The van der Waals surface area contributed by atoms with E-state index >= 15 is 0 Å². The second kappa shape index (κ2) is 7.67. The van der Waals surface area contributed by atoms with Crippen molar-refractivity contribution in [1.29, 1.82) is 0 Å². The minimum Gasteiger partial charge on any atom is -0.303 e. The molecule has 0 amide bonds. The van der Waals surface area contributed by atoms with Gasteiger partial charge in [-0.25, -0.2) is 0 Å². The van der Waals surface area contributed by atoms with Crippen molar-refractivity contribution in [2.45, 2.75) is 12.0 Å². The molecule has 0 aromatic heterocycles. The first-order valence-corrected chi connectivity index (χ1v) is 7.89. The molecule has 2 aromatic carbocycles. The summed E-state index contributed by atoms with van der Waals surface area (Å²) < 4.78 is 0. The molecule has 23 heavy (non-hydrogen) atoms. The third-order valence-electron chi connectivity index (χ3n) is 5.04. The number of rotatable bonds is 1. The molecule has 0 spiro atoms. The number of benzene rings is 2. The normalized spacial score (nSPS) is 23.9. The fourth-order valence-corrected chi connectivity index (χ4v) is 3.91. The highest BCUT2D eigenvalue weighted by molar-refractivity contribution is 5.85. The first-order chi connectivity index (χ1) is 10.3. The number of nitrogens with zero attached hydrogens (tertiary/aromatic N) is 2. The van der Waals surface area contributed by atoms with Crippen molar-refractivity contribution in [1.82, 2.24) is 9.80 Å². The molecule has 1 fully saturated rings. The number of hydrogen-bond acceptors (Lipinski definition) is 2. The van der Waals surface area contributed by atoms with Crippen molar-refractivity contribution in [3.63, 3.8) is 0 Å². The highest BCUT2D eigenvalue weighted by Gasteiger charge is 2.35. The van der Waals surface area contributed by atoms with E-state index in [0.29, 0.717) is 12.0 Å². The lowest BCUT2D eigenvalue weighted by Gasteiger charge is -2.46. The first-order valence-electron chi connectivity index (χ1n) is 7.89. The molecular weight excluding hydrogens is 327 g/mol. The fourth-order valence-electron chi connectivity index (χ4n) is 3.91. The number of piperazine rings is 1. The van der Waals surface area contributed by atoms with E-state index in [-0.39, 0.29) is 24.8 Å². The summed E-state index contributed by atoms with van der Waals surface area (Å²) in [6.45, 7) is 4.66. The van der Waals surface area contributed by atoms with Gasteiger partial charge in [-0.1, -0.05) is 54.6 Å². The maximum atomic E-state index is 2.68. The molecule has 4 rings (SSSR count). The van der Waals surface area contributed by atoms with E-state index in [1.165, 1.54) is 29.8 Å². The van der Waals surface area contributed by atoms with Crippen molar-refractivity contribution in [3.8, 4) is 0 Å². The van der Waals surface area contributed by atoms with E-state index in [1.807, 2.05) is 0 Å². The molecule has 2 aliphatic rings. The fraction of sp³-hybridized carbons (Fsp3) is 0.368. The molecule has 124 valence electrons. The molecule has 2 atom stereocenters. The predicted octanol–water partition coefficient (Wildman–Crippen LogP) is 3.96. The van der Waals surface area contributed by atoms with Crippen LogP contribution in [0.3, 0.4) is 0 Å². The van der Waals surface area contributed by atoms with Gasteiger partial charge in [0.2, 0.25) is 0 Å². The van der Waals surface area contributed by atoms with Crippen LogP contribution in [0.2, 0.25) is 0 Å². The Balaban J connectivity index is 0.000000960. The lowest BCUT2D eigenvalue weighted by Crippen LogP contribution is -2.50. The Bertz CT molecular complexity index is 632. The van der Waals surface area contributed by atoms with Crippen molar-refractivity contribution in [3.05, 3.63) is 71.3 Å². The number of halogens is 2. The molecule has 2 nitrogen and oxygen atoms in total. The average molecular weight is 351 g/mol. The second-order valence-corrected chi connectivity index (χ2v) is 6.37. The molecule has 0 saturated carbocycles. The van der Waals surface area contributed by atoms with Crippen LogP contribution in [-0.4, -0.2) is 43.0 Å². The van der Waals surface area contributed by atoms with Crippen molar-refractivity contribution in [2.75, 3.05) is 33.2 Å². The third-order valence-corrected chi connectivity index (χ3v) is 5.04. The monoisotopic (exact) mass is 350 g/mol. The quantitative estimate of drug-likeness (QED) is 0.767. The SMILES string of the molecule is CN1CCN2CC(c3ccccc3)c3ccccc3C2C1.Cl.Cl. The Hall–Kier alpha value is -1.06. The standard InChI is InChI=1S/C19H22N2.2ClH/c1-20-11-12-21-13-18(15-7-3-2-4-8-15)16-9-5-6-10-17(16)19(21)14-20;;/h2-10,18-19H,11-14H2,1H3;2*1H. The molecule has 0 N–H and O–H groups in total. The molecule has 0 bridgehead atoms. The topological polar surface area (TPSA) is 6.48 Å². The molecule has 0 radical (unpaired) electrons. The van der Waals surface area contributed by atoms with Crippen LogP contribution < -0.4 is 0 Å². The largest absolute Gasteiger partial charge is 0.303 e. The molecular formula is C19H24Cl2N2. The first kappa shape index (κ1) is 18.3. The van der Waals surface area contributed by atoms with Gasteiger partial charge < -0.3 is 4.90 Å². The van der Waals surface area contributed by atoms with Crippen molar-refractivity contribution >= 4 is 24.8 Å². The highest BCUT2D eigenvalue weighted by Crippen LogP contribution is 2.40. The number of hydrogen-bond donors (Lipinski definition) is 0. The molecule has 2 aliphatic heterocycles. The molecule has 4 heteroatoms. The van der Waals surface area contributed by atoms with Crippen LogP contribution >= 0.6 is 24.8 Å². The van der Waals surface area contributed by atoms with Gasteiger partial charge in [-0.05, 0) is 23.7 Å². The molecule has 0 aliphatic carbocycles. The zero-order chi connectivity index (χ0) is 14.2. The smallest absolute Gasteiger partial charge is 0.0478 e. The van der Waals surface area contributed by atoms with Gasteiger partial charge in [-0.2, -0.15) is 0 Å². The van der Waals surface area contributed by atoms with Crippen LogP contribution in [0.15, 0.2) is 54.6 Å².